The Morgan fingerprint density at radius 3 is 2.95 bits per heavy atom. The van der Waals surface area contributed by atoms with Crippen LogP contribution in [0.2, 0.25) is 0 Å². The van der Waals surface area contributed by atoms with Crippen LogP contribution in [0.5, 0.6) is 0 Å². The van der Waals surface area contributed by atoms with Gasteiger partial charge in [-0.05, 0) is 49.4 Å². The zero-order chi connectivity index (χ0) is 13.9. The standard InChI is InChI=1S/C17H24N2O/c1-3-18-11-14-5-6-15-8-9-19(17(15)10-14)12-16-7-4-13(2)20-16/h5-6,8-10,13,16,18H,3-4,7,11-12H2,1-2H3. The van der Waals surface area contributed by atoms with Crippen LogP contribution in [-0.4, -0.2) is 23.3 Å². The molecule has 1 aromatic carbocycles. The zero-order valence-corrected chi connectivity index (χ0v) is 12.4. The summed E-state index contributed by atoms with van der Waals surface area (Å²) in [6.07, 6.45) is 5.35. The predicted octanol–water partition coefficient (Wildman–Crippen LogP) is 3.32. The number of hydrogen-bond acceptors (Lipinski definition) is 2. The van der Waals surface area contributed by atoms with Crippen molar-refractivity contribution in [1.29, 1.82) is 0 Å². The van der Waals surface area contributed by atoms with Crippen LogP contribution in [0.25, 0.3) is 10.9 Å². The number of nitrogens with one attached hydrogen (secondary N) is 1. The van der Waals surface area contributed by atoms with E-state index < -0.39 is 0 Å². The van der Waals surface area contributed by atoms with E-state index >= 15 is 0 Å². The lowest BCUT2D eigenvalue weighted by Crippen LogP contribution is -2.16. The molecule has 0 radical (unpaired) electrons. The summed E-state index contributed by atoms with van der Waals surface area (Å²) in [6.45, 7) is 7.22. The summed E-state index contributed by atoms with van der Waals surface area (Å²) in [4.78, 5) is 0. The first kappa shape index (κ1) is 13.7. The zero-order valence-electron chi connectivity index (χ0n) is 12.4. The maximum absolute atomic E-state index is 5.95. The molecule has 0 bridgehead atoms. The van der Waals surface area contributed by atoms with Gasteiger partial charge in [-0.2, -0.15) is 0 Å². The van der Waals surface area contributed by atoms with E-state index in [9.17, 15) is 0 Å². The number of fused-ring (bicyclic) bond motifs is 1. The summed E-state index contributed by atoms with van der Waals surface area (Å²) >= 11 is 0. The van der Waals surface area contributed by atoms with Crippen molar-refractivity contribution >= 4 is 10.9 Å². The van der Waals surface area contributed by atoms with Gasteiger partial charge in [-0.25, -0.2) is 0 Å². The van der Waals surface area contributed by atoms with Gasteiger partial charge in [-0.3, -0.25) is 0 Å². The molecule has 20 heavy (non-hydrogen) atoms. The van der Waals surface area contributed by atoms with Crippen molar-refractivity contribution in [1.82, 2.24) is 9.88 Å². The first-order valence-electron chi connectivity index (χ1n) is 7.70. The van der Waals surface area contributed by atoms with Crippen molar-refractivity contribution in [3.63, 3.8) is 0 Å². The van der Waals surface area contributed by atoms with Crippen LogP contribution in [0.15, 0.2) is 30.5 Å². The molecule has 1 aromatic heterocycles. The van der Waals surface area contributed by atoms with Crippen molar-refractivity contribution in [2.75, 3.05) is 6.54 Å². The maximum Gasteiger partial charge on any atom is 0.0758 e. The molecule has 3 heteroatoms. The lowest BCUT2D eigenvalue weighted by atomic mass is 10.1. The monoisotopic (exact) mass is 272 g/mol. The molecule has 2 aromatic rings. The van der Waals surface area contributed by atoms with Gasteiger partial charge in [0, 0.05) is 24.8 Å². The first-order chi connectivity index (χ1) is 9.76. The number of nitrogens with zero attached hydrogens (tertiary/aromatic N) is 1. The van der Waals surface area contributed by atoms with Gasteiger partial charge in [0.05, 0.1) is 12.2 Å². The fourth-order valence-corrected chi connectivity index (χ4v) is 3.01. The molecule has 1 fully saturated rings. The predicted molar refractivity (Wildman–Crippen MR) is 82.9 cm³/mol. The highest BCUT2D eigenvalue weighted by Gasteiger charge is 2.22. The van der Waals surface area contributed by atoms with Crippen LogP contribution in [0.1, 0.15) is 32.3 Å². The van der Waals surface area contributed by atoms with Crippen molar-refractivity contribution < 1.29 is 4.74 Å². The molecule has 2 unspecified atom stereocenters. The number of aromatic nitrogens is 1. The smallest absolute Gasteiger partial charge is 0.0758 e. The molecule has 1 N–H and O–H groups in total. The third-order valence-corrected chi connectivity index (χ3v) is 4.14. The highest BCUT2D eigenvalue weighted by atomic mass is 16.5. The molecular formula is C17H24N2O. The Bertz CT molecular complexity index is 575. The molecule has 2 heterocycles. The van der Waals surface area contributed by atoms with E-state index in [0.29, 0.717) is 12.2 Å². The summed E-state index contributed by atoms with van der Waals surface area (Å²) in [6, 6.07) is 8.93. The van der Waals surface area contributed by atoms with Crippen LogP contribution in [-0.2, 0) is 17.8 Å². The van der Waals surface area contributed by atoms with E-state index in [4.69, 9.17) is 4.74 Å². The molecule has 0 saturated carbocycles. The minimum absolute atomic E-state index is 0.373. The van der Waals surface area contributed by atoms with Crippen molar-refractivity contribution in [3.8, 4) is 0 Å². The van der Waals surface area contributed by atoms with E-state index in [2.05, 4.69) is 54.2 Å². The van der Waals surface area contributed by atoms with Gasteiger partial charge in [0.2, 0.25) is 0 Å². The normalized spacial score (nSPS) is 22.7. The van der Waals surface area contributed by atoms with E-state index in [1.54, 1.807) is 0 Å². The molecule has 1 saturated heterocycles. The second-order valence-corrected chi connectivity index (χ2v) is 5.79. The van der Waals surface area contributed by atoms with Gasteiger partial charge in [-0.15, -0.1) is 0 Å². The Kier molecular flexibility index (Phi) is 4.08. The molecule has 3 nitrogen and oxygen atoms in total. The summed E-state index contributed by atoms with van der Waals surface area (Å²) in [5, 5.41) is 4.70. The maximum atomic E-state index is 5.95. The number of benzene rings is 1. The number of ether oxygens (including phenoxy) is 1. The minimum atomic E-state index is 0.373. The minimum Gasteiger partial charge on any atom is -0.373 e. The van der Waals surface area contributed by atoms with Crippen LogP contribution in [0.4, 0.5) is 0 Å². The molecular weight excluding hydrogens is 248 g/mol. The summed E-state index contributed by atoms with van der Waals surface area (Å²) in [7, 11) is 0. The molecule has 0 amide bonds. The van der Waals surface area contributed by atoms with Crippen molar-refractivity contribution in [3.05, 3.63) is 36.0 Å². The van der Waals surface area contributed by atoms with E-state index in [1.807, 2.05) is 0 Å². The molecule has 0 aliphatic carbocycles. The second kappa shape index (κ2) is 5.98. The van der Waals surface area contributed by atoms with Crippen LogP contribution in [0.3, 0.4) is 0 Å². The Hall–Kier alpha value is -1.32. The molecule has 0 spiro atoms. The number of rotatable bonds is 5. The van der Waals surface area contributed by atoms with Crippen molar-refractivity contribution in [2.45, 2.75) is 52.0 Å². The molecule has 2 atom stereocenters. The highest BCUT2D eigenvalue weighted by molar-refractivity contribution is 5.80. The summed E-state index contributed by atoms with van der Waals surface area (Å²) < 4.78 is 8.29. The lowest BCUT2D eigenvalue weighted by Gasteiger charge is -2.13. The quantitative estimate of drug-likeness (QED) is 0.903. The van der Waals surface area contributed by atoms with Gasteiger partial charge >= 0.3 is 0 Å². The van der Waals surface area contributed by atoms with Crippen molar-refractivity contribution in [2.24, 2.45) is 0 Å². The lowest BCUT2D eigenvalue weighted by molar-refractivity contribution is 0.0465. The largest absolute Gasteiger partial charge is 0.373 e. The second-order valence-electron chi connectivity index (χ2n) is 5.79. The van der Waals surface area contributed by atoms with Crippen LogP contribution < -0.4 is 5.32 Å². The highest BCUT2D eigenvalue weighted by Crippen LogP contribution is 2.24. The fourth-order valence-electron chi connectivity index (χ4n) is 3.01. The Balaban J connectivity index is 1.79. The molecule has 108 valence electrons. The third kappa shape index (κ3) is 2.89. The van der Waals surface area contributed by atoms with E-state index in [0.717, 1.165) is 19.6 Å². The van der Waals surface area contributed by atoms with Crippen LogP contribution >= 0.6 is 0 Å². The number of hydrogen-bond donors (Lipinski definition) is 1. The molecule has 1 aliphatic rings. The average molecular weight is 272 g/mol. The topological polar surface area (TPSA) is 26.2 Å². The van der Waals surface area contributed by atoms with Gasteiger partial charge in [0.15, 0.2) is 0 Å². The van der Waals surface area contributed by atoms with Gasteiger partial charge in [0.25, 0.3) is 0 Å². The Morgan fingerprint density at radius 2 is 2.20 bits per heavy atom. The molecule has 3 rings (SSSR count). The fraction of sp³-hybridized carbons (Fsp3) is 0.529. The summed E-state index contributed by atoms with van der Waals surface area (Å²) in [5.41, 5.74) is 2.67. The van der Waals surface area contributed by atoms with E-state index in [-0.39, 0.29) is 0 Å². The van der Waals surface area contributed by atoms with E-state index in [1.165, 1.54) is 29.3 Å². The molecule has 1 aliphatic heterocycles. The summed E-state index contributed by atoms with van der Waals surface area (Å²) in [5.74, 6) is 0. The first-order valence-corrected chi connectivity index (χ1v) is 7.70. The average Bonchev–Trinajstić information content (AvgIpc) is 3.04. The SMILES string of the molecule is CCNCc1ccc2ccn(CC3CCC(C)O3)c2c1. The van der Waals surface area contributed by atoms with Crippen LogP contribution in [0, 0.1) is 0 Å². The Morgan fingerprint density at radius 1 is 1.30 bits per heavy atom. The van der Waals surface area contributed by atoms with Gasteiger partial charge < -0.3 is 14.6 Å². The third-order valence-electron chi connectivity index (χ3n) is 4.14. The van der Waals surface area contributed by atoms with Gasteiger partial charge in [-0.1, -0.05) is 19.1 Å². The van der Waals surface area contributed by atoms with Gasteiger partial charge in [0.1, 0.15) is 0 Å². The Labute approximate surface area is 120 Å².